The zero-order valence-corrected chi connectivity index (χ0v) is 11.1. The molecule has 2 heterocycles. The van der Waals surface area contributed by atoms with E-state index >= 15 is 0 Å². The van der Waals surface area contributed by atoms with Crippen molar-refractivity contribution in [2.45, 2.75) is 26.4 Å². The van der Waals surface area contributed by atoms with E-state index < -0.39 is 5.60 Å². The number of aryl methyl sites for hydroxylation is 1. The van der Waals surface area contributed by atoms with Crippen molar-refractivity contribution in [3.63, 3.8) is 0 Å². The molecule has 0 saturated carbocycles. The van der Waals surface area contributed by atoms with Crippen LogP contribution in [0.3, 0.4) is 0 Å². The summed E-state index contributed by atoms with van der Waals surface area (Å²) in [6.07, 6.45) is 0. The van der Waals surface area contributed by atoms with E-state index in [-0.39, 0.29) is 0 Å². The first kappa shape index (κ1) is 12.1. The Bertz CT molecular complexity index is 531. The topological polar surface area (TPSA) is 74.2 Å². The summed E-state index contributed by atoms with van der Waals surface area (Å²) in [7, 11) is 1.62. The number of anilines is 1. The quantitative estimate of drug-likeness (QED) is 0.910. The molecule has 5 nitrogen and oxygen atoms in total. The van der Waals surface area contributed by atoms with Gasteiger partial charge in [0.1, 0.15) is 5.60 Å². The van der Waals surface area contributed by atoms with Crippen LogP contribution in [0, 0.1) is 6.92 Å². The van der Waals surface area contributed by atoms with Gasteiger partial charge in [-0.25, -0.2) is 0 Å². The third-order valence-corrected chi connectivity index (χ3v) is 3.66. The zero-order chi connectivity index (χ0) is 12.6. The summed E-state index contributed by atoms with van der Waals surface area (Å²) in [5, 5.41) is 4.68. The molecule has 2 aromatic rings. The molecule has 0 aliphatic rings. The fourth-order valence-electron chi connectivity index (χ4n) is 1.37. The van der Waals surface area contributed by atoms with Crippen molar-refractivity contribution >= 4 is 16.3 Å². The van der Waals surface area contributed by atoms with E-state index in [0.717, 1.165) is 15.4 Å². The molecule has 0 fully saturated rings. The Morgan fingerprint density at radius 2 is 2.18 bits per heavy atom. The van der Waals surface area contributed by atoms with Crippen LogP contribution in [0.25, 0.3) is 10.8 Å². The van der Waals surface area contributed by atoms with E-state index in [1.54, 1.807) is 7.11 Å². The van der Waals surface area contributed by atoms with Crippen LogP contribution in [0.5, 0.6) is 0 Å². The number of hydrogen-bond acceptors (Lipinski definition) is 6. The summed E-state index contributed by atoms with van der Waals surface area (Å²) >= 11 is 1.44. The van der Waals surface area contributed by atoms with E-state index in [9.17, 15) is 0 Å². The lowest BCUT2D eigenvalue weighted by atomic mass is 10.1. The molecule has 0 amide bonds. The van der Waals surface area contributed by atoms with Crippen molar-refractivity contribution in [1.29, 1.82) is 0 Å². The van der Waals surface area contributed by atoms with E-state index in [1.807, 2.05) is 26.8 Å². The van der Waals surface area contributed by atoms with Crippen molar-refractivity contribution in [1.82, 2.24) is 10.1 Å². The van der Waals surface area contributed by atoms with Crippen LogP contribution in [0.1, 0.15) is 25.2 Å². The Labute approximate surface area is 104 Å². The summed E-state index contributed by atoms with van der Waals surface area (Å²) in [5.74, 6) is 1.02. The number of methoxy groups -OCH3 is 1. The average Bonchev–Trinajstić information content (AvgIpc) is 2.85. The molecule has 92 valence electrons. The van der Waals surface area contributed by atoms with Gasteiger partial charge in [0.05, 0.1) is 9.88 Å². The first-order chi connectivity index (χ1) is 7.94. The monoisotopic (exact) mass is 253 g/mol. The van der Waals surface area contributed by atoms with Crippen LogP contribution in [-0.4, -0.2) is 17.3 Å². The lowest BCUT2D eigenvalue weighted by Gasteiger charge is -2.17. The molecule has 17 heavy (non-hydrogen) atoms. The van der Waals surface area contributed by atoms with Crippen LogP contribution in [-0.2, 0) is 10.3 Å². The van der Waals surface area contributed by atoms with Crippen LogP contribution >= 0.6 is 11.3 Å². The number of nitrogen functional groups attached to an aromatic ring is 1. The summed E-state index contributed by atoms with van der Waals surface area (Å²) in [5.41, 5.74) is 6.22. The number of ether oxygens (including phenoxy) is 1. The Morgan fingerprint density at radius 3 is 2.71 bits per heavy atom. The average molecular weight is 253 g/mol. The van der Waals surface area contributed by atoms with Crippen molar-refractivity contribution < 1.29 is 9.26 Å². The van der Waals surface area contributed by atoms with Gasteiger partial charge in [0.2, 0.25) is 5.82 Å². The molecular weight excluding hydrogens is 238 g/mol. The first-order valence-corrected chi connectivity index (χ1v) is 6.01. The van der Waals surface area contributed by atoms with Gasteiger partial charge in [-0.2, -0.15) is 4.98 Å². The number of hydrogen-bond donors (Lipinski definition) is 1. The number of rotatable bonds is 3. The van der Waals surface area contributed by atoms with Gasteiger partial charge >= 0.3 is 0 Å². The lowest BCUT2D eigenvalue weighted by molar-refractivity contribution is 0.00973. The molecular formula is C11H15N3O2S. The van der Waals surface area contributed by atoms with Gasteiger partial charge in [-0.1, -0.05) is 5.16 Å². The highest BCUT2D eigenvalue weighted by Gasteiger charge is 2.27. The predicted molar refractivity (Wildman–Crippen MR) is 66.8 cm³/mol. The zero-order valence-electron chi connectivity index (χ0n) is 10.3. The molecule has 2 aromatic heterocycles. The molecule has 0 saturated heterocycles. The fraction of sp³-hybridized carbons (Fsp3) is 0.455. The van der Waals surface area contributed by atoms with Gasteiger partial charge in [-0.3, -0.25) is 0 Å². The molecule has 0 aliphatic carbocycles. The fourth-order valence-corrected chi connectivity index (χ4v) is 2.23. The van der Waals surface area contributed by atoms with E-state index in [0.29, 0.717) is 11.7 Å². The van der Waals surface area contributed by atoms with Gasteiger partial charge in [0.25, 0.3) is 5.89 Å². The third-order valence-electron chi connectivity index (χ3n) is 2.61. The second-order valence-corrected chi connectivity index (χ2v) is 5.38. The largest absolute Gasteiger partial charge is 0.391 e. The molecule has 6 heteroatoms. The Kier molecular flexibility index (Phi) is 2.92. The summed E-state index contributed by atoms with van der Waals surface area (Å²) < 4.78 is 10.5. The maximum absolute atomic E-state index is 5.74. The predicted octanol–water partition coefficient (Wildman–Crippen LogP) is 2.57. The number of nitrogens with zero attached hydrogens (tertiary/aromatic N) is 2. The minimum Gasteiger partial charge on any atom is -0.391 e. The van der Waals surface area contributed by atoms with E-state index in [1.165, 1.54) is 11.3 Å². The second-order valence-electron chi connectivity index (χ2n) is 4.30. The highest BCUT2D eigenvalue weighted by atomic mass is 32.1. The van der Waals surface area contributed by atoms with Crippen LogP contribution in [0.15, 0.2) is 10.6 Å². The summed E-state index contributed by atoms with van der Waals surface area (Å²) in [6.45, 7) is 5.74. The van der Waals surface area contributed by atoms with Gasteiger partial charge < -0.3 is 15.0 Å². The normalized spacial score (nSPS) is 12.0. The van der Waals surface area contributed by atoms with E-state index in [2.05, 4.69) is 10.1 Å². The van der Waals surface area contributed by atoms with Crippen molar-refractivity contribution in [2.75, 3.05) is 12.8 Å². The van der Waals surface area contributed by atoms with Gasteiger partial charge in [-0.15, -0.1) is 11.3 Å². The van der Waals surface area contributed by atoms with Gasteiger partial charge in [-0.05, 0) is 32.4 Å². The van der Waals surface area contributed by atoms with Crippen LogP contribution in [0.4, 0.5) is 5.00 Å². The van der Waals surface area contributed by atoms with Gasteiger partial charge in [0.15, 0.2) is 0 Å². The Balaban J connectivity index is 2.40. The number of aromatic nitrogens is 2. The first-order valence-electron chi connectivity index (χ1n) is 5.19. The van der Waals surface area contributed by atoms with Crippen molar-refractivity contribution in [2.24, 2.45) is 0 Å². The molecule has 0 unspecified atom stereocenters. The molecule has 0 aromatic carbocycles. The smallest absolute Gasteiger partial charge is 0.268 e. The van der Waals surface area contributed by atoms with E-state index in [4.69, 9.17) is 15.0 Å². The minimum absolute atomic E-state index is 0.490. The van der Waals surface area contributed by atoms with Gasteiger partial charge in [0, 0.05) is 7.11 Å². The Hall–Kier alpha value is -1.40. The summed E-state index contributed by atoms with van der Waals surface area (Å²) in [4.78, 5) is 5.26. The standard InChI is InChI=1S/C11H15N3O2S/c1-6-5-7(12)17-8(6)9-13-10(14-16-9)11(2,3)15-4/h5H,12H2,1-4H3. The molecule has 2 rings (SSSR count). The molecule has 0 spiro atoms. The second kappa shape index (κ2) is 4.12. The highest BCUT2D eigenvalue weighted by Crippen LogP contribution is 2.33. The number of thiophene rings is 1. The molecule has 0 radical (unpaired) electrons. The molecule has 0 atom stereocenters. The number of nitrogens with two attached hydrogens (primary N) is 1. The highest BCUT2D eigenvalue weighted by molar-refractivity contribution is 7.19. The molecule has 2 N–H and O–H groups in total. The molecule has 0 bridgehead atoms. The summed E-state index contributed by atoms with van der Waals surface area (Å²) in [6, 6.07) is 1.89. The third kappa shape index (κ3) is 2.18. The van der Waals surface area contributed by atoms with Crippen molar-refractivity contribution in [3.8, 4) is 10.8 Å². The lowest BCUT2D eigenvalue weighted by Crippen LogP contribution is -2.21. The minimum atomic E-state index is -0.557. The Morgan fingerprint density at radius 1 is 1.47 bits per heavy atom. The maximum Gasteiger partial charge on any atom is 0.268 e. The SMILES string of the molecule is COC(C)(C)c1noc(-c2sc(N)cc2C)n1. The van der Waals surface area contributed by atoms with Crippen molar-refractivity contribution in [3.05, 3.63) is 17.5 Å². The van der Waals surface area contributed by atoms with Crippen LogP contribution in [0.2, 0.25) is 0 Å². The van der Waals surface area contributed by atoms with Crippen LogP contribution < -0.4 is 5.73 Å². The molecule has 0 aliphatic heterocycles. The maximum atomic E-state index is 5.74.